The Bertz CT molecular complexity index is 485. The van der Waals surface area contributed by atoms with E-state index >= 15 is 0 Å². The van der Waals surface area contributed by atoms with Gasteiger partial charge in [-0.05, 0) is 24.6 Å². The Morgan fingerprint density at radius 2 is 2.12 bits per heavy atom. The second-order valence-electron chi connectivity index (χ2n) is 4.53. The molecule has 1 N–H and O–H groups in total. The maximum atomic E-state index is 4.61. The molecular weight excluding hydrogens is 198 g/mol. The minimum atomic E-state index is 0.496. The van der Waals surface area contributed by atoms with Crippen molar-refractivity contribution in [3.05, 3.63) is 24.0 Å². The van der Waals surface area contributed by atoms with Gasteiger partial charge < -0.3 is 9.88 Å². The Labute approximate surface area is 96.5 Å². The highest BCUT2D eigenvalue weighted by atomic mass is 15.1. The number of aromatic amines is 1. The van der Waals surface area contributed by atoms with E-state index in [1.54, 1.807) is 0 Å². The molecule has 0 saturated heterocycles. The van der Waals surface area contributed by atoms with E-state index < -0.39 is 0 Å². The number of anilines is 1. The normalized spacial score (nSPS) is 13.0. The Kier molecular flexibility index (Phi) is 2.86. The van der Waals surface area contributed by atoms with Gasteiger partial charge in [-0.3, -0.25) is 0 Å². The van der Waals surface area contributed by atoms with Crippen LogP contribution in [0.15, 0.2) is 18.2 Å². The predicted octanol–water partition coefficient (Wildman–Crippen LogP) is 3.14. The van der Waals surface area contributed by atoms with Gasteiger partial charge in [-0.2, -0.15) is 0 Å². The number of benzene rings is 1. The van der Waals surface area contributed by atoms with E-state index in [1.165, 1.54) is 5.69 Å². The van der Waals surface area contributed by atoms with Crippen molar-refractivity contribution in [2.45, 2.75) is 26.2 Å². The van der Waals surface area contributed by atoms with Gasteiger partial charge in [-0.1, -0.05) is 13.8 Å². The van der Waals surface area contributed by atoms with Crippen LogP contribution in [0.1, 0.15) is 32.0 Å². The van der Waals surface area contributed by atoms with Crippen molar-refractivity contribution in [2.75, 3.05) is 19.0 Å². The molecule has 0 aliphatic heterocycles. The molecule has 0 fully saturated rings. The van der Waals surface area contributed by atoms with Crippen LogP contribution in [0.2, 0.25) is 0 Å². The third kappa shape index (κ3) is 1.90. The fraction of sp³-hybridized carbons (Fsp3) is 0.462. The van der Waals surface area contributed by atoms with Crippen molar-refractivity contribution < 1.29 is 0 Å². The van der Waals surface area contributed by atoms with Gasteiger partial charge in [0.2, 0.25) is 0 Å². The summed E-state index contributed by atoms with van der Waals surface area (Å²) >= 11 is 0. The largest absolute Gasteiger partial charge is 0.378 e. The molecule has 86 valence electrons. The van der Waals surface area contributed by atoms with Crippen LogP contribution in [0.25, 0.3) is 11.0 Å². The molecule has 3 nitrogen and oxygen atoms in total. The summed E-state index contributed by atoms with van der Waals surface area (Å²) in [5, 5.41) is 0. The molecule has 1 heterocycles. The average Bonchev–Trinajstić information content (AvgIpc) is 2.70. The van der Waals surface area contributed by atoms with Crippen LogP contribution in [-0.2, 0) is 0 Å². The number of aromatic nitrogens is 2. The van der Waals surface area contributed by atoms with Crippen molar-refractivity contribution in [1.82, 2.24) is 9.97 Å². The van der Waals surface area contributed by atoms with E-state index in [4.69, 9.17) is 0 Å². The molecule has 1 unspecified atom stereocenters. The highest BCUT2D eigenvalue weighted by molar-refractivity contribution is 5.79. The molecule has 0 aliphatic rings. The highest BCUT2D eigenvalue weighted by Gasteiger charge is 2.09. The number of nitrogens with one attached hydrogen (secondary N) is 1. The van der Waals surface area contributed by atoms with Crippen LogP contribution < -0.4 is 4.90 Å². The van der Waals surface area contributed by atoms with E-state index in [0.29, 0.717) is 5.92 Å². The first-order valence-electron chi connectivity index (χ1n) is 5.78. The molecule has 0 aliphatic carbocycles. The second kappa shape index (κ2) is 4.16. The second-order valence-corrected chi connectivity index (χ2v) is 4.53. The van der Waals surface area contributed by atoms with E-state index in [0.717, 1.165) is 23.3 Å². The number of hydrogen-bond acceptors (Lipinski definition) is 2. The number of imidazole rings is 1. The first-order valence-corrected chi connectivity index (χ1v) is 5.78. The topological polar surface area (TPSA) is 31.9 Å². The maximum absolute atomic E-state index is 4.61. The summed E-state index contributed by atoms with van der Waals surface area (Å²) in [4.78, 5) is 10.1. The fourth-order valence-electron chi connectivity index (χ4n) is 1.72. The van der Waals surface area contributed by atoms with Gasteiger partial charge in [0.15, 0.2) is 0 Å². The van der Waals surface area contributed by atoms with E-state index in [-0.39, 0.29) is 0 Å². The molecule has 0 spiro atoms. The molecule has 3 heteroatoms. The van der Waals surface area contributed by atoms with Crippen LogP contribution in [0.5, 0.6) is 0 Å². The van der Waals surface area contributed by atoms with Gasteiger partial charge in [-0.15, -0.1) is 0 Å². The lowest BCUT2D eigenvalue weighted by Gasteiger charge is -2.11. The van der Waals surface area contributed by atoms with Crippen molar-refractivity contribution in [3.63, 3.8) is 0 Å². The van der Waals surface area contributed by atoms with Gasteiger partial charge >= 0.3 is 0 Å². The monoisotopic (exact) mass is 217 g/mol. The Hall–Kier alpha value is -1.51. The number of fused-ring (bicyclic) bond motifs is 1. The van der Waals surface area contributed by atoms with Gasteiger partial charge in [-0.25, -0.2) is 4.98 Å². The van der Waals surface area contributed by atoms with Gasteiger partial charge in [0.05, 0.1) is 11.0 Å². The Morgan fingerprint density at radius 1 is 1.38 bits per heavy atom. The third-order valence-electron chi connectivity index (χ3n) is 3.08. The smallest absolute Gasteiger partial charge is 0.110 e. The van der Waals surface area contributed by atoms with Gasteiger partial charge in [0.25, 0.3) is 0 Å². The number of hydrogen-bond donors (Lipinski definition) is 1. The summed E-state index contributed by atoms with van der Waals surface area (Å²) in [7, 11) is 4.10. The quantitative estimate of drug-likeness (QED) is 0.856. The summed E-state index contributed by atoms with van der Waals surface area (Å²) in [6.07, 6.45) is 1.11. The van der Waals surface area contributed by atoms with Crippen LogP contribution in [0, 0.1) is 0 Å². The van der Waals surface area contributed by atoms with Crippen molar-refractivity contribution in [1.29, 1.82) is 0 Å². The molecule has 0 bridgehead atoms. The van der Waals surface area contributed by atoms with Crippen molar-refractivity contribution >= 4 is 16.7 Å². The first-order chi connectivity index (χ1) is 7.61. The molecule has 0 radical (unpaired) electrons. The Morgan fingerprint density at radius 3 is 2.75 bits per heavy atom. The van der Waals surface area contributed by atoms with Crippen molar-refractivity contribution in [2.24, 2.45) is 0 Å². The zero-order valence-corrected chi connectivity index (χ0v) is 10.4. The minimum Gasteiger partial charge on any atom is -0.378 e. The lowest BCUT2D eigenvalue weighted by atomic mass is 10.1. The van der Waals surface area contributed by atoms with Crippen LogP contribution in [0.4, 0.5) is 5.69 Å². The predicted molar refractivity (Wildman–Crippen MR) is 69.1 cm³/mol. The molecule has 1 aromatic heterocycles. The number of nitrogens with zero attached hydrogens (tertiary/aromatic N) is 2. The number of rotatable bonds is 3. The van der Waals surface area contributed by atoms with E-state index in [2.05, 4.69) is 46.9 Å². The SMILES string of the molecule is CCC(C)c1nc2ccc(N(C)C)cc2[nH]1. The minimum absolute atomic E-state index is 0.496. The van der Waals surface area contributed by atoms with Gasteiger partial charge in [0.1, 0.15) is 5.82 Å². The van der Waals surface area contributed by atoms with E-state index in [9.17, 15) is 0 Å². The average molecular weight is 217 g/mol. The van der Waals surface area contributed by atoms with Crippen molar-refractivity contribution in [3.8, 4) is 0 Å². The molecular formula is C13H19N3. The van der Waals surface area contributed by atoms with Crippen LogP contribution in [-0.4, -0.2) is 24.1 Å². The summed E-state index contributed by atoms with van der Waals surface area (Å²) in [5.41, 5.74) is 3.38. The molecule has 0 amide bonds. The molecule has 0 saturated carbocycles. The lowest BCUT2D eigenvalue weighted by Crippen LogP contribution is -2.07. The van der Waals surface area contributed by atoms with E-state index in [1.807, 2.05) is 14.1 Å². The zero-order valence-electron chi connectivity index (χ0n) is 10.4. The Balaban J connectivity index is 2.46. The van der Waals surface area contributed by atoms with Crippen LogP contribution in [0.3, 0.4) is 0 Å². The number of H-pyrrole nitrogens is 1. The standard InChI is InChI=1S/C13H19N3/c1-5-9(2)13-14-11-7-6-10(16(3)4)8-12(11)15-13/h6-9H,5H2,1-4H3,(H,14,15). The summed E-state index contributed by atoms with van der Waals surface area (Å²) < 4.78 is 0. The molecule has 16 heavy (non-hydrogen) atoms. The lowest BCUT2D eigenvalue weighted by molar-refractivity contribution is 0.692. The molecule has 2 rings (SSSR count). The summed E-state index contributed by atoms with van der Waals surface area (Å²) in [5.74, 6) is 1.59. The molecule has 2 aromatic rings. The maximum Gasteiger partial charge on any atom is 0.110 e. The van der Waals surface area contributed by atoms with Crippen LogP contribution >= 0.6 is 0 Å². The highest BCUT2D eigenvalue weighted by Crippen LogP contribution is 2.23. The molecule has 1 atom stereocenters. The third-order valence-corrected chi connectivity index (χ3v) is 3.08. The zero-order chi connectivity index (χ0) is 11.7. The molecule has 1 aromatic carbocycles. The van der Waals surface area contributed by atoms with Gasteiger partial charge in [0, 0.05) is 25.7 Å². The first kappa shape index (κ1) is 11.0. The summed E-state index contributed by atoms with van der Waals surface area (Å²) in [6.45, 7) is 4.38. The fourth-order valence-corrected chi connectivity index (χ4v) is 1.72. The summed E-state index contributed by atoms with van der Waals surface area (Å²) in [6, 6.07) is 6.32.